The molecular weight excluding hydrogens is 158 g/mol. The summed E-state index contributed by atoms with van der Waals surface area (Å²) in [5.41, 5.74) is 0. The Bertz CT molecular complexity index is 75.7. The Balaban J connectivity index is 0. The van der Waals surface area contributed by atoms with E-state index in [0.717, 1.165) is 0 Å². The van der Waals surface area contributed by atoms with E-state index < -0.39 is 11.9 Å². The number of hydrogen-bond acceptors (Lipinski definition) is 2. The quantitative estimate of drug-likeness (QED) is 0.319. The summed E-state index contributed by atoms with van der Waals surface area (Å²) in [5, 5.41) is 14.8. The van der Waals surface area contributed by atoms with Crippen LogP contribution in [0.1, 0.15) is 0 Å². The van der Waals surface area contributed by atoms with Gasteiger partial charge in [-0.2, -0.15) is 0 Å². The van der Waals surface area contributed by atoms with Crippen molar-refractivity contribution in [2.24, 2.45) is 0 Å². The second-order valence-electron chi connectivity index (χ2n) is 0.610. The van der Waals surface area contributed by atoms with Gasteiger partial charge in [0, 0.05) is 0 Å². The average Bonchev–Trinajstić information content (AvgIpc) is 1.36. The van der Waals surface area contributed by atoms with Gasteiger partial charge in [-0.3, -0.25) is 0 Å². The summed E-state index contributed by atoms with van der Waals surface area (Å²) in [7, 11) is 0. The van der Waals surface area contributed by atoms with Crippen LogP contribution in [0.5, 0.6) is 0 Å². The molecule has 0 saturated carbocycles. The van der Waals surface area contributed by atoms with E-state index in [4.69, 9.17) is 19.8 Å². The second kappa shape index (κ2) is 3.76. The van der Waals surface area contributed by atoms with Crippen LogP contribution in [0.15, 0.2) is 0 Å². The first-order valence-corrected chi connectivity index (χ1v) is 1.11. The molecule has 0 spiro atoms. The van der Waals surface area contributed by atoms with Gasteiger partial charge >= 0.3 is 31.7 Å². The van der Waals surface area contributed by atoms with E-state index in [1.54, 1.807) is 0 Å². The monoisotopic (exact) mass is 162 g/mol. The van der Waals surface area contributed by atoms with Crippen molar-refractivity contribution in [2.75, 3.05) is 0 Å². The van der Waals surface area contributed by atoms with E-state index in [1.807, 2.05) is 0 Å². The van der Waals surface area contributed by atoms with Crippen LogP contribution in [0.4, 0.5) is 0 Å². The molecule has 0 rings (SSSR count). The zero-order valence-electron chi connectivity index (χ0n) is 2.71. The van der Waals surface area contributed by atoms with Crippen LogP contribution < -0.4 is 0 Å². The van der Waals surface area contributed by atoms with E-state index in [1.165, 1.54) is 0 Å². The summed E-state index contributed by atoms with van der Waals surface area (Å²) >= 11 is 0. The maximum absolute atomic E-state index is 9.10. The Morgan fingerprint density at radius 3 is 1.14 bits per heavy atom. The number of carboxylic acid groups (broad SMARTS) is 2. The van der Waals surface area contributed by atoms with Gasteiger partial charge in [-0.1, -0.05) is 0 Å². The molecule has 0 bridgehead atoms. The zero-order chi connectivity index (χ0) is 5.15. The first-order chi connectivity index (χ1) is 2.64. The molecule has 40 valence electrons. The number of carboxylic acids is 2. The molecule has 0 aromatic rings. The van der Waals surface area contributed by atoms with E-state index in [9.17, 15) is 0 Å². The zero-order valence-corrected chi connectivity index (χ0v) is 2.71. The van der Waals surface area contributed by atoms with Crippen LogP contribution in [0.2, 0.25) is 0 Å². The molecule has 0 heterocycles. The normalized spacial score (nSPS) is 6.29. The van der Waals surface area contributed by atoms with Crippen LogP contribution in [0.3, 0.4) is 0 Å². The molecule has 2 N–H and O–H groups in total. The summed E-state index contributed by atoms with van der Waals surface area (Å²) in [4.78, 5) is 18.2. The Labute approximate surface area is 52.2 Å². The Morgan fingerprint density at radius 1 is 1.00 bits per heavy atom. The van der Waals surface area contributed by atoms with Gasteiger partial charge in [-0.25, -0.2) is 9.59 Å². The summed E-state index contributed by atoms with van der Waals surface area (Å²) < 4.78 is 0. The van der Waals surface area contributed by atoms with Crippen LogP contribution in [-0.4, -0.2) is 41.9 Å². The van der Waals surface area contributed by atoms with Crippen molar-refractivity contribution in [3.8, 4) is 0 Å². The van der Waals surface area contributed by atoms with E-state index in [-0.39, 0.29) is 19.8 Å². The maximum atomic E-state index is 9.10. The van der Waals surface area contributed by atoms with E-state index in [0.29, 0.717) is 0 Å². The van der Waals surface area contributed by atoms with Crippen molar-refractivity contribution in [3.05, 3.63) is 0 Å². The van der Waals surface area contributed by atoms with Crippen molar-refractivity contribution in [1.82, 2.24) is 0 Å². The van der Waals surface area contributed by atoms with Crippen molar-refractivity contribution in [2.45, 2.75) is 0 Å². The van der Waals surface area contributed by atoms with Gasteiger partial charge in [0.25, 0.3) is 0 Å². The van der Waals surface area contributed by atoms with Gasteiger partial charge in [0.2, 0.25) is 0 Å². The number of carbonyl (C=O) groups is 2. The average molecular weight is 163 g/mol. The molecule has 0 radical (unpaired) electrons. The van der Waals surface area contributed by atoms with E-state index in [2.05, 4.69) is 0 Å². The third-order valence-corrected chi connectivity index (χ3v) is 0.183. The first-order valence-electron chi connectivity index (χ1n) is 1.11. The summed E-state index contributed by atoms with van der Waals surface area (Å²) in [6.45, 7) is 0. The van der Waals surface area contributed by atoms with Crippen LogP contribution in [-0.2, 0) is 9.59 Å². The fraction of sp³-hybridized carbons (Fsp3) is 0. The standard InChI is InChI=1S/C2H2O4.Ga.3H/c3-1(4)2(5)6;;;;/h(H,3,4)(H,5,6);;;;. The third kappa shape index (κ3) is 5.58. The molecule has 4 nitrogen and oxygen atoms in total. The van der Waals surface area contributed by atoms with Crippen molar-refractivity contribution < 1.29 is 19.8 Å². The molecule has 0 amide bonds. The molecule has 0 aliphatic carbocycles. The predicted octanol–water partition coefficient (Wildman–Crippen LogP) is -2.03. The Hall–Kier alpha value is -0.424. The van der Waals surface area contributed by atoms with Crippen LogP contribution in [0, 0.1) is 0 Å². The second-order valence-corrected chi connectivity index (χ2v) is 0.610. The van der Waals surface area contributed by atoms with Crippen LogP contribution >= 0.6 is 0 Å². The summed E-state index contributed by atoms with van der Waals surface area (Å²) in [5.74, 6) is -3.65. The van der Waals surface area contributed by atoms with Gasteiger partial charge in [0.05, 0.1) is 0 Å². The Kier molecular flexibility index (Phi) is 5.24. The topological polar surface area (TPSA) is 74.6 Å². The molecule has 5 heteroatoms. The molecule has 0 atom stereocenters. The summed E-state index contributed by atoms with van der Waals surface area (Å²) in [6, 6.07) is 0. The molecule has 0 aromatic carbocycles. The summed E-state index contributed by atoms with van der Waals surface area (Å²) in [6.07, 6.45) is 0. The predicted molar refractivity (Wildman–Crippen MR) is 25.2 cm³/mol. The van der Waals surface area contributed by atoms with Gasteiger partial charge < -0.3 is 10.2 Å². The van der Waals surface area contributed by atoms with Crippen molar-refractivity contribution in [3.63, 3.8) is 0 Å². The van der Waals surface area contributed by atoms with E-state index >= 15 is 0 Å². The minimum absolute atomic E-state index is 0. The molecule has 0 aliphatic heterocycles. The number of hydrogen-bond donors (Lipinski definition) is 2. The van der Waals surface area contributed by atoms with Crippen LogP contribution in [0.25, 0.3) is 0 Å². The molecule has 0 aliphatic rings. The molecular formula is C2H5GaO4. The number of aliphatic carboxylic acids is 2. The van der Waals surface area contributed by atoms with Gasteiger partial charge in [0.15, 0.2) is 0 Å². The van der Waals surface area contributed by atoms with Gasteiger partial charge in [0.1, 0.15) is 0 Å². The first kappa shape index (κ1) is 9.76. The molecule has 0 fully saturated rings. The SMILES string of the molecule is O=C(O)C(=O)O.[GaH3]. The van der Waals surface area contributed by atoms with Gasteiger partial charge in [-0.15, -0.1) is 0 Å². The molecule has 0 saturated heterocycles. The van der Waals surface area contributed by atoms with Crippen molar-refractivity contribution in [1.29, 1.82) is 0 Å². The fourth-order valence-corrected chi connectivity index (χ4v) is 0. The Morgan fingerprint density at radius 2 is 1.14 bits per heavy atom. The van der Waals surface area contributed by atoms with Gasteiger partial charge in [-0.05, 0) is 0 Å². The minimum atomic E-state index is -1.82. The molecule has 7 heavy (non-hydrogen) atoms. The number of rotatable bonds is 0. The molecule has 0 aromatic heterocycles. The third-order valence-electron chi connectivity index (χ3n) is 0.183. The molecule has 0 unspecified atom stereocenters. The fourth-order valence-electron chi connectivity index (χ4n) is 0. The van der Waals surface area contributed by atoms with Crippen molar-refractivity contribution >= 4 is 31.7 Å².